The molecule has 2 heterocycles. The molecule has 0 spiro atoms. The van der Waals surface area contributed by atoms with Crippen LogP contribution in [0.4, 0.5) is 0 Å². The Balaban J connectivity index is 1.76. The molecule has 0 saturated carbocycles. The van der Waals surface area contributed by atoms with Crippen molar-refractivity contribution in [1.29, 1.82) is 0 Å². The first kappa shape index (κ1) is 20.6. The Hall–Kier alpha value is -2.10. The molecule has 1 amide bonds. The number of benzene rings is 1. The number of hydrogen-bond donors (Lipinski definition) is 1. The van der Waals surface area contributed by atoms with Gasteiger partial charge >= 0.3 is 0 Å². The van der Waals surface area contributed by atoms with Gasteiger partial charge in [-0.05, 0) is 37.3 Å². The van der Waals surface area contributed by atoms with Crippen LogP contribution in [-0.2, 0) is 31.0 Å². The number of thiazole rings is 1. The van der Waals surface area contributed by atoms with E-state index in [4.69, 9.17) is 22.9 Å². The number of para-hydroxylation sites is 1. The lowest BCUT2D eigenvalue weighted by Gasteiger charge is -2.14. The maximum atomic E-state index is 11.2. The zero-order chi connectivity index (χ0) is 20.3. The van der Waals surface area contributed by atoms with Gasteiger partial charge in [-0.1, -0.05) is 26.0 Å². The van der Waals surface area contributed by atoms with E-state index >= 15 is 0 Å². The molecule has 0 unspecified atom stereocenters. The third-order valence-electron chi connectivity index (χ3n) is 4.26. The van der Waals surface area contributed by atoms with Crippen LogP contribution in [0.3, 0.4) is 0 Å². The number of nitrogens with two attached hydrogens (primary N) is 1. The quantitative estimate of drug-likeness (QED) is 0.540. The molecule has 3 aromatic rings. The number of carbonyl (C=O) groups excluding carboxylic acids is 1. The van der Waals surface area contributed by atoms with E-state index in [0.717, 1.165) is 29.4 Å². The molecule has 0 atom stereocenters. The summed E-state index contributed by atoms with van der Waals surface area (Å²) in [7, 11) is 2.03. The lowest BCUT2D eigenvalue weighted by molar-refractivity contribution is -0.118. The molecule has 0 saturated heterocycles. The maximum Gasteiger partial charge on any atom is 0.217 e. The number of hydrogen-bond acceptors (Lipinski definition) is 6. The van der Waals surface area contributed by atoms with Crippen LogP contribution in [0.15, 0.2) is 24.3 Å². The molecular weight excluding hydrogens is 392 g/mol. The standard InChI is InChI=1S/C19H26N6OS2/c1-13(2)10-24-17(9-8-16(20)26)22-25(19(24)27)12-23(3)11-18-21-14-6-4-5-7-15(14)28-18/h4-7,13H,8-12H2,1-3H3,(H2,20,26). The number of amides is 1. The van der Waals surface area contributed by atoms with Gasteiger partial charge in [-0.3, -0.25) is 9.69 Å². The van der Waals surface area contributed by atoms with Gasteiger partial charge in [-0.25, -0.2) is 9.67 Å². The third kappa shape index (κ3) is 5.03. The monoisotopic (exact) mass is 418 g/mol. The first-order valence-electron chi connectivity index (χ1n) is 9.31. The Kier molecular flexibility index (Phi) is 6.58. The Labute approximate surface area is 173 Å². The van der Waals surface area contributed by atoms with E-state index in [1.54, 1.807) is 11.3 Å². The molecule has 1 aromatic carbocycles. The summed E-state index contributed by atoms with van der Waals surface area (Å²) in [5.41, 5.74) is 6.34. The van der Waals surface area contributed by atoms with Crippen LogP contribution in [0.1, 0.15) is 31.1 Å². The predicted octanol–water partition coefficient (Wildman–Crippen LogP) is 3.19. The Morgan fingerprint density at radius 1 is 1.36 bits per heavy atom. The number of carbonyl (C=O) groups is 1. The summed E-state index contributed by atoms with van der Waals surface area (Å²) in [6.45, 7) is 6.32. The van der Waals surface area contributed by atoms with Gasteiger partial charge in [0.05, 0.1) is 23.4 Å². The van der Waals surface area contributed by atoms with E-state index in [1.807, 2.05) is 34.5 Å². The second kappa shape index (κ2) is 8.93. The van der Waals surface area contributed by atoms with Crippen LogP contribution in [0.2, 0.25) is 0 Å². The first-order valence-corrected chi connectivity index (χ1v) is 10.5. The van der Waals surface area contributed by atoms with Gasteiger partial charge in [-0.2, -0.15) is 5.10 Å². The topological polar surface area (TPSA) is 82.0 Å². The molecule has 2 N–H and O–H groups in total. The molecule has 0 aliphatic carbocycles. The number of aromatic nitrogens is 4. The average Bonchev–Trinajstić information content (AvgIpc) is 3.14. The van der Waals surface area contributed by atoms with Crippen molar-refractivity contribution in [2.24, 2.45) is 11.7 Å². The van der Waals surface area contributed by atoms with Crippen molar-refractivity contribution in [2.45, 2.75) is 46.4 Å². The molecular formula is C19H26N6OS2. The van der Waals surface area contributed by atoms with E-state index in [-0.39, 0.29) is 12.3 Å². The number of fused-ring (bicyclic) bond motifs is 1. The van der Waals surface area contributed by atoms with Gasteiger partial charge in [0.25, 0.3) is 0 Å². The molecule has 7 nitrogen and oxygen atoms in total. The smallest absolute Gasteiger partial charge is 0.217 e. The van der Waals surface area contributed by atoms with Crippen molar-refractivity contribution in [1.82, 2.24) is 24.2 Å². The van der Waals surface area contributed by atoms with Gasteiger partial charge in [-0.15, -0.1) is 11.3 Å². The van der Waals surface area contributed by atoms with Gasteiger partial charge in [0, 0.05) is 19.4 Å². The van der Waals surface area contributed by atoms with Crippen molar-refractivity contribution >= 4 is 39.7 Å². The minimum atomic E-state index is -0.329. The van der Waals surface area contributed by atoms with Gasteiger partial charge in [0.2, 0.25) is 5.91 Å². The normalized spacial score (nSPS) is 11.8. The Bertz CT molecular complexity index is 986. The van der Waals surface area contributed by atoms with Crippen LogP contribution in [0, 0.1) is 10.7 Å². The molecule has 28 heavy (non-hydrogen) atoms. The SMILES string of the molecule is CC(C)Cn1c(CCC(N)=O)nn(CN(C)Cc2nc3ccccc3s2)c1=S. The van der Waals surface area contributed by atoms with Crippen LogP contribution >= 0.6 is 23.6 Å². The van der Waals surface area contributed by atoms with Crippen LogP contribution in [0.25, 0.3) is 10.2 Å². The molecule has 0 radical (unpaired) electrons. The number of rotatable bonds is 9. The number of primary amides is 1. The average molecular weight is 419 g/mol. The largest absolute Gasteiger partial charge is 0.370 e. The predicted molar refractivity (Wildman–Crippen MR) is 114 cm³/mol. The van der Waals surface area contributed by atoms with Gasteiger partial charge in [0.15, 0.2) is 4.77 Å². The second-order valence-corrected chi connectivity index (χ2v) is 8.88. The Morgan fingerprint density at radius 2 is 2.11 bits per heavy atom. The van der Waals surface area contributed by atoms with Gasteiger partial charge < -0.3 is 10.3 Å². The van der Waals surface area contributed by atoms with Crippen molar-refractivity contribution < 1.29 is 4.79 Å². The van der Waals surface area contributed by atoms with Gasteiger partial charge in [0.1, 0.15) is 10.8 Å². The van der Waals surface area contributed by atoms with E-state index < -0.39 is 0 Å². The highest BCUT2D eigenvalue weighted by molar-refractivity contribution is 7.71. The maximum absolute atomic E-state index is 11.2. The summed E-state index contributed by atoms with van der Waals surface area (Å²) in [6, 6.07) is 8.15. The highest BCUT2D eigenvalue weighted by atomic mass is 32.1. The van der Waals surface area contributed by atoms with E-state index in [1.165, 1.54) is 4.70 Å². The molecule has 0 fully saturated rings. The highest BCUT2D eigenvalue weighted by Crippen LogP contribution is 2.22. The summed E-state index contributed by atoms with van der Waals surface area (Å²) in [6.07, 6.45) is 0.770. The summed E-state index contributed by atoms with van der Waals surface area (Å²) in [4.78, 5) is 18.0. The van der Waals surface area contributed by atoms with Crippen molar-refractivity contribution in [3.63, 3.8) is 0 Å². The summed E-state index contributed by atoms with van der Waals surface area (Å²) >= 11 is 7.36. The van der Waals surface area contributed by atoms with Crippen LogP contribution in [-0.4, -0.2) is 37.2 Å². The lowest BCUT2D eigenvalue weighted by atomic mass is 10.2. The van der Waals surface area contributed by atoms with E-state index in [0.29, 0.717) is 23.8 Å². The van der Waals surface area contributed by atoms with Crippen LogP contribution in [0.5, 0.6) is 0 Å². The van der Waals surface area contributed by atoms with Crippen LogP contribution < -0.4 is 5.73 Å². The number of aryl methyl sites for hydroxylation is 1. The third-order valence-corrected chi connectivity index (χ3v) is 5.71. The molecule has 0 bridgehead atoms. The summed E-state index contributed by atoms with van der Waals surface area (Å²) < 4.78 is 5.71. The van der Waals surface area contributed by atoms with Crippen molar-refractivity contribution in [2.75, 3.05) is 7.05 Å². The molecule has 3 rings (SSSR count). The zero-order valence-electron chi connectivity index (χ0n) is 16.5. The molecule has 0 aliphatic heterocycles. The molecule has 9 heteroatoms. The minimum absolute atomic E-state index is 0.269. The van der Waals surface area contributed by atoms with E-state index in [9.17, 15) is 4.79 Å². The molecule has 0 aliphatic rings. The molecule has 2 aromatic heterocycles. The van der Waals surface area contributed by atoms with E-state index in [2.05, 4.69) is 29.9 Å². The Morgan fingerprint density at radius 3 is 2.79 bits per heavy atom. The minimum Gasteiger partial charge on any atom is -0.370 e. The lowest BCUT2D eigenvalue weighted by Crippen LogP contribution is -2.22. The fourth-order valence-electron chi connectivity index (χ4n) is 3.04. The summed E-state index contributed by atoms with van der Waals surface area (Å²) in [5, 5.41) is 5.73. The number of nitrogens with zero attached hydrogens (tertiary/aromatic N) is 5. The fourth-order valence-corrected chi connectivity index (χ4v) is 4.37. The zero-order valence-corrected chi connectivity index (χ0v) is 18.1. The molecule has 150 valence electrons. The van der Waals surface area contributed by atoms with Crippen molar-refractivity contribution in [3.8, 4) is 0 Å². The van der Waals surface area contributed by atoms with Crippen molar-refractivity contribution in [3.05, 3.63) is 39.9 Å². The first-order chi connectivity index (χ1) is 13.3. The fraction of sp³-hybridized carbons (Fsp3) is 0.474. The summed E-state index contributed by atoms with van der Waals surface area (Å²) in [5.74, 6) is 0.910. The highest BCUT2D eigenvalue weighted by Gasteiger charge is 2.15. The second-order valence-electron chi connectivity index (χ2n) is 7.40.